The summed E-state index contributed by atoms with van der Waals surface area (Å²) < 4.78 is 0. The molecule has 0 heterocycles. The molecule has 0 amide bonds. The summed E-state index contributed by atoms with van der Waals surface area (Å²) >= 11 is 0. The predicted molar refractivity (Wildman–Crippen MR) is 135 cm³/mol. The number of hydrogen-bond donors (Lipinski definition) is 2. The van der Waals surface area contributed by atoms with Crippen LogP contribution >= 0.6 is 0 Å². The first-order chi connectivity index (χ1) is 16.3. The van der Waals surface area contributed by atoms with Crippen LogP contribution in [0.5, 0.6) is 0 Å². The molecule has 35 heavy (non-hydrogen) atoms. The van der Waals surface area contributed by atoms with Crippen LogP contribution in [0, 0.1) is 39.4 Å². The quantitative estimate of drug-likeness (QED) is 0.518. The van der Waals surface area contributed by atoms with Gasteiger partial charge in [0.25, 0.3) is 0 Å². The molecule has 2 N–H and O–H groups in total. The van der Waals surface area contributed by atoms with Gasteiger partial charge in [-0.3, -0.25) is 14.4 Å². The summed E-state index contributed by atoms with van der Waals surface area (Å²) in [4.78, 5) is 40.7. The van der Waals surface area contributed by atoms with Gasteiger partial charge in [-0.1, -0.05) is 47.6 Å². The van der Waals surface area contributed by atoms with Gasteiger partial charge in [0.1, 0.15) is 5.78 Å². The van der Waals surface area contributed by atoms with Crippen LogP contribution in [0.1, 0.15) is 92.9 Å². The van der Waals surface area contributed by atoms with Gasteiger partial charge in [-0.15, -0.1) is 0 Å². The second-order valence-electron chi connectivity index (χ2n) is 13.2. The van der Waals surface area contributed by atoms with Crippen LogP contribution in [-0.4, -0.2) is 40.8 Å². The van der Waals surface area contributed by atoms with E-state index in [2.05, 4.69) is 27.7 Å². The lowest BCUT2D eigenvalue weighted by Gasteiger charge is -2.59. The molecule has 0 aromatic carbocycles. The molecular formula is C30H44O5. The van der Waals surface area contributed by atoms with Crippen LogP contribution in [0.15, 0.2) is 22.8 Å². The third-order valence-corrected chi connectivity index (χ3v) is 11.3. The first-order valence-corrected chi connectivity index (χ1v) is 13.5. The molecule has 0 aromatic heterocycles. The molecule has 0 bridgehead atoms. The van der Waals surface area contributed by atoms with E-state index in [4.69, 9.17) is 0 Å². The Morgan fingerprint density at radius 3 is 2.29 bits per heavy atom. The first kappa shape index (κ1) is 26.5. The number of Topliss-reactive ketones (excluding diaryl/α,β-unsaturated/α-hetero) is 3. The Morgan fingerprint density at radius 1 is 1.00 bits per heavy atom. The van der Waals surface area contributed by atoms with Crippen molar-refractivity contribution in [1.82, 2.24) is 0 Å². The van der Waals surface area contributed by atoms with Crippen LogP contribution in [0.25, 0.3) is 0 Å². The number of aliphatic hydroxyl groups is 2. The van der Waals surface area contributed by atoms with Crippen molar-refractivity contribution in [2.45, 2.75) is 92.9 Å². The molecule has 4 aliphatic rings. The van der Waals surface area contributed by atoms with Gasteiger partial charge < -0.3 is 10.2 Å². The molecule has 0 unspecified atom stereocenters. The smallest absolute Gasteiger partial charge is 0.160 e. The number of carbonyl (C=O) groups excluding carboxylic acids is 3. The van der Waals surface area contributed by atoms with E-state index >= 15 is 0 Å². The average Bonchev–Trinajstić information content (AvgIpc) is 3.06. The van der Waals surface area contributed by atoms with Crippen LogP contribution in [0.4, 0.5) is 0 Å². The van der Waals surface area contributed by atoms with Gasteiger partial charge in [0.2, 0.25) is 0 Å². The topological polar surface area (TPSA) is 91.7 Å². The zero-order valence-electron chi connectivity index (χ0n) is 22.5. The molecule has 2 fully saturated rings. The van der Waals surface area contributed by atoms with Gasteiger partial charge in [0.05, 0.1) is 13.2 Å². The molecule has 0 aromatic rings. The molecule has 0 spiro atoms. The summed E-state index contributed by atoms with van der Waals surface area (Å²) in [5.41, 5.74) is 0.605. The van der Waals surface area contributed by atoms with E-state index in [1.54, 1.807) is 0 Å². The highest BCUT2D eigenvalue weighted by Crippen LogP contribution is 2.70. The van der Waals surface area contributed by atoms with Gasteiger partial charge in [-0.25, -0.2) is 0 Å². The maximum absolute atomic E-state index is 14.0. The van der Waals surface area contributed by atoms with Crippen molar-refractivity contribution >= 4 is 17.3 Å². The zero-order chi connectivity index (χ0) is 26.0. The number of hydrogen-bond acceptors (Lipinski definition) is 5. The summed E-state index contributed by atoms with van der Waals surface area (Å²) in [6.07, 6.45) is 7.50. The second-order valence-corrected chi connectivity index (χ2v) is 13.2. The lowest BCUT2D eigenvalue weighted by molar-refractivity contribution is -0.145. The number of fused-ring (bicyclic) bond motifs is 4. The Bertz CT molecular complexity index is 996. The molecule has 5 heteroatoms. The average molecular weight is 485 g/mol. The van der Waals surface area contributed by atoms with Gasteiger partial charge in [-0.05, 0) is 60.8 Å². The van der Waals surface area contributed by atoms with E-state index in [0.717, 1.165) is 36.8 Å². The zero-order valence-corrected chi connectivity index (χ0v) is 22.5. The Labute approximate surface area is 210 Å². The highest BCUT2D eigenvalue weighted by Gasteiger charge is 2.67. The number of allylic oxidation sites excluding steroid dienone is 3. The predicted octanol–water partition coefficient (Wildman–Crippen LogP) is 4.99. The lowest BCUT2D eigenvalue weighted by Crippen LogP contribution is -2.58. The molecule has 4 aliphatic carbocycles. The van der Waals surface area contributed by atoms with Gasteiger partial charge in [0, 0.05) is 46.7 Å². The number of ketones is 3. The number of aliphatic hydroxyl groups excluding tert-OH is 2. The Morgan fingerprint density at radius 2 is 1.66 bits per heavy atom. The van der Waals surface area contributed by atoms with Crippen molar-refractivity contribution in [3.8, 4) is 0 Å². The largest absolute Gasteiger partial charge is 0.392 e. The van der Waals surface area contributed by atoms with Crippen molar-refractivity contribution in [3.63, 3.8) is 0 Å². The molecule has 194 valence electrons. The van der Waals surface area contributed by atoms with E-state index in [0.29, 0.717) is 43.1 Å². The van der Waals surface area contributed by atoms with Crippen LogP contribution < -0.4 is 0 Å². The minimum absolute atomic E-state index is 0.0961. The van der Waals surface area contributed by atoms with Crippen molar-refractivity contribution < 1.29 is 24.6 Å². The molecule has 0 radical (unpaired) electrons. The van der Waals surface area contributed by atoms with Crippen molar-refractivity contribution in [1.29, 1.82) is 0 Å². The van der Waals surface area contributed by atoms with E-state index in [9.17, 15) is 24.6 Å². The SMILES string of the molecule is C[C@H](CCC=C(CO)CO)[C@H]1CC[C@@]2(C)C3=C(C(=O)C[C@]12C)[C@@]1(C)CCC(=O)C(C)(C)[C@@H]1CC3=O. The Hall–Kier alpha value is -1.59. The maximum Gasteiger partial charge on any atom is 0.160 e. The van der Waals surface area contributed by atoms with Crippen molar-refractivity contribution in [3.05, 3.63) is 22.8 Å². The summed E-state index contributed by atoms with van der Waals surface area (Å²) in [5, 5.41) is 18.6. The minimum Gasteiger partial charge on any atom is -0.392 e. The molecule has 0 aliphatic heterocycles. The van der Waals surface area contributed by atoms with Crippen LogP contribution in [0.2, 0.25) is 0 Å². The monoisotopic (exact) mass is 484 g/mol. The summed E-state index contributed by atoms with van der Waals surface area (Å²) in [6.45, 7) is 12.6. The van der Waals surface area contributed by atoms with Gasteiger partial charge >= 0.3 is 0 Å². The summed E-state index contributed by atoms with van der Waals surface area (Å²) in [7, 11) is 0. The third kappa shape index (κ3) is 3.67. The number of rotatable bonds is 6. The fourth-order valence-corrected chi connectivity index (χ4v) is 8.85. The summed E-state index contributed by atoms with van der Waals surface area (Å²) in [5.74, 6) is 1.01. The van der Waals surface area contributed by atoms with E-state index in [-0.39, 0.29) is 47.3 Å². The third-order valence-electron chi connectivity index (χ3n) is 11.3. The maximum atomic E-state index is 14.0. The fourth-order valence-electron chi connectivity index (χ4n) is 8.85. The minimum atomic E-state index is -0.592. The number of carbonyl (C=O) groups is 3. The molecule has 0 saturated heterocycles. The standard InChI is InChI=1S/C30H44O5/c1-18(8-7-9-19(16-31)17-32)20-10-13-29(5)26-21(33)14-23-27(2,3)24(35)11-12-28(23,4)25(26)22(34)15-30(20,29)6/h9,18,20,23,31-32H,7-8,10-17H2,1-6H3/t18-,20-,23+,28+,29+,30-/m1/s1. The van der Waals surface area contributed by atoms with Gasteiger partial charge in [-0.2, -0.15) is 0 Å². The van der Waals surface area contributed by atoms with Crippen molar-refractivity contribution in [2.24, 2.45) is 39.4 Å². The first-order valence-electron chi connectivity index (χ1n) is 13.5. The van der Waals surface area contributed by atoms with E-state index in [1.165, 1.54) is 0 Å². The van der Waals surface area contributed by atoms with Gasteiger partial charge in [0.15, 0.2) is 11.6 Å². The summed E-state index contributed by atoms with van der Waals surface area (Å²) in [6, 6.07) is 0. The lowest BCUT2D eigenvalue weighted by atomic mass is 9.43. The van der Waals surface area contributed by atoms with Crippen molar-refractivity contribution in [2.75, 3.05) is 13.2 Å². The second kappa shape index (κ2) is 8.76. The van der Waals surface area contributed by atoms with Crippen LogP contribution in [0.3, 0.4) is 0 Å². The Balaban J connectivity index is 1.71. The fraction of sp³-hybridized carbons (Fsp3) is 0.767. The Kier molecular flexibility index (Phi) is 6.63. The highest BCUT2D eigenvalue weighted by molar-refractivity contribution is 6.12. The normalized spacial score (nSPS) is 39.1. The van der Waals surface area contributed by atoms with Crippen LogP contribution in [-0.2, 0) is 14.4 Å². The molecular weight excluding hydrogens is 440 g/mol. The molecule has 4 rings (SSSR count). The highest BCUT2D eigenvalue weighted by atomic mass is 16.3. The molecule has 6 atom stereocenters. The van der Waals surface area contributed by atoms with E-state index in [1.807, 2.05) is 19.9 Å². The molecule has 5 nitrogen and oxygen atoms in total. The van der Waals surface area contributed by atoms with E-state index < -0.39 is 10.8 Å². The molecule has 2 saturated carbocycles.